The molecule has 1 saturated heterocycles. The summed E-state index contributed by atoms with van der Waals surface area (Å²) in [6, 6.07) is 16.6. The average molecular weight is 508 g/mol. The fourth-order valence-electron chi connectivity index (χ4n) is 4.97. The molecule has 4 aromatic rings. The Balaban J connectivity index is 1.65. The van der Waals surface area contributed by atoms with Crippen molar-refractivity contribution >= 4 is 17.3 Å². The van der Waals surface area contributed by atoms with Crippen molar-refractivity contribution in [3.05, 3.63) is 113 Å². The fourth-order valence-corrected chi connectivity index (χ4v) is 5.27. The van der Waals surface area contributed by atoms with E-state index in [9.17, 15) is 13.2 Å². The van der Waals surface area contributed by atoms with Gasteiger partial charge in [-0.25, -0.2) is 0 Å². The number of alkyl halides is 3. The number of nitrogens with one attached hydrogen (secondary N) is 1. The Hall–Kier alpha value is -3.72. The average Bonchev–Trinajstić information content (AvgIpc) is 3.34. The first-order valence-electron chi connectivity index (χ1n) is 11.5. The number of aromatic nitrogens is 3. The molecule has 2 atom stereocenters. The number of hydrogen-bond acceptors (Lipinski definition) is 3. The topological polar surface area (TPSA) is 46.0 Å². The van der Waals surface area contributed by atoms with Crippen molar-refractivity contribution in [3.8, 4) is 5.69 Å². The van der Waals surface area contributed by atoms with E-state index in [0.717, 1.165) is 28.6 Å². The highest BCUT2D eigenvalue weighted by Crippen LogP contribution is 2.43. The number of para-hydroxylation sites is 1. The Morgan fingerprint density at radius 2 is 1.69 bits per heavy atom. The first kappa shape index (κ1) is 24.0. The zero-order valence-electron chi connectivity index (χ0n) is 19.7. The SMILES string of the molecule is Cc1cc([C@@H]2[C@H](c3ccccn3)NC(=S)N2Cc2ccncc2)c(C)n1-c1ccccc1C(F)(F)F. The molecule has 1 aliphatic heterocycles. The summed E-state index contributed by atoms with van der Waals surface area (Å²) in [4.78, 5) is 10.7. The van der Waals surface area contributed by atoms with Crippen LogP contribution in [0.2, 0.25) is 0 Å². The Morgan fingerprint density at radius 3 is 2.39 bits per heavy atom. The summed E-state index contributed by atoms with van der Waals surface area (Å²) in [6.45, 7) is 4.20. The Kier molecular flexibility index (Phi) is 6.26. The van der Waals surface area contributed by atoms with Crippen LogP contribution in [-0.2, 0) is 12.7 Å². The van der Waals surface area contributed by atoms with E-state index in [1.807, 2.05) is 50.2 Å². The highest BCUT2D eigenvalue weighted by atomic mass is 32.1. The van der Waals surface area contributed by atoms with Gasteiger partial charge in [-0.2, -0.15) is 13.2 Å². The van der Waals surface area contributed by atoms with Crippen molar-refractivity contribution in [2.24, 2.45) is 0 Å². The molecular formula is C27H24F3N5S. The fraction of sp³-hybridized carbons (Fsp3) is 0.222. The molecule has 9 heteroatoms. The number of aryl methyl sites for hydroxylation is 1. The summed E-state index contributed by atoms with van der Waals surface area (Å²) in [6.07, 6.45) is 0.714. The highest BCUT2D eigenvalue weighted by Gasteiger charge is 2.42. The molecule has 0 saturated carbocycles. The molecule has 5 nitrogen and oxygen atoms in total. The summed E-state index contributed by atoms with van der Waals surface area (Å²) in [5.74, 6) is 0. The molecule has 5 rings (SSSR count). The minimum atomic E-state index is -4.47. The number of rotatable bonds is 5. The number of benzene rings is 1. The molecule has 0 amide bonds. The molecule has 0 spiro atoms. The van der Waals surface area contributed by atoms with Gasteiger partial charge in [-0.05, 0) is 79.7 Å². The first-order chi connectivity index (χ1) is 17.3. The van der Waals surface area contributed by atoms with Crippen molar-refractivity contribution < 1.29 is 13.2 Å². The van der Waals surface area contributed by atoms with Crippen LogP contribution in [0.3, 0.4) is 0 Å². The molecule has 4 heterocycles. The lowest BCUT2D eigenvalue weighted by Gasteiger charge is -2.28. The van der Waals surface area contributed by atoms with Gasteiger partial charge in [0, 0.05) is 36.5 Å². The largest absolute Gasteiger partial charge is 0.418 e. The van der Waals surface area contributed by atoms with Crippen LogP contribution in [0.5, 0.6) is 0 Å². The van der Waals surface area contributed by atoms with Gasteiger partial charge < -0.3 is 14.8 Å². The smallest absolute Gasteiger partial charge is 0.352 e. The highest BCUT2D eigenvalue weighted by molar-refractivity contribution is 7.80. The predicted molar refractivity (Wildman–Crippen MR) is 135 cm³/mol. The Morgan fingerprint density at radius 1 is 0.972 bits per heavy atom. The van der Waals surface area contributed by atoms with Crippen LogP contribution >= 0.6 is 12.2 Å². The molecule has 0 radical (unpaired) electrons. The lowest BCUT2D eigenvalue weighted by atomic mass is 9.96. The summed E-state index contributed by atoms with van der Waals surface area (Å²) >= 11 is 5.76. The van der Waals surface area contributed by atoms with Crippen molar-refractivity contribution in [1.82, 2.24) is 24.8 Å². The van der Waals surface area contributed by atoms with E-state index in [0.29, 0.717) is 17.4 Å². The van der Waals surface area contributed by atoms with E-state index < -0.39 is 11.7 Å². The molecule has 1 aromatic carbocycles. The molecular weight excluding hydrogens is 483 g/mol. The van der Waals surface area contributed by atoms with Gasteiger partial charge in [0.1, 0.15) is 0 Å². The second-order valence-electron chi connectivity index (χ2n) is 8.79. The number of halogens is 3. The van der Waals surface area contributed by atoms with Crippen LogP contribution in [0.4, 0.5) is 13.2 Å². The third-order valence-corrected chi connectivity index (χ3v) is 6.89. The van der Waals surface area contributed by atoms with Gasteiger partial charge in [-0.3, -0.25) is 9.97 Å². The Bertz CT molecular complexity index is 1390. The van der Waals surface area contributed by atoms with E-state index in [2.05, 4.69) is 20.2 Å². The van der Waals surface area contributed by atoms with Crippen molar-refractivity contribution in [3.63, 3.8) is 0 Å². The van der Waals surface area contributed by atoms with Crippen LogP contribution in [0, 0.1) is 13.8 Å². The summed E-state index contributed by atoms with van der Waals surface area (Å²) in [5.41, 5.74) is 3.59. The summed E-state index contributed by atoms with van der Waals surface area (Å²) in [5, 5.41) is 3.97. The maximum atomic E-state index is 13.9. The number of thiocarbonyl (C=S) groups is 1. The van der Waals surface area contributed by atoms with E-state index in [1.54, 1.807) is 29.2 Å². The molecule has 1 fully saturated rings. The zero-order valence-corrected chi connectivity index (χ0v) is 20.5. The standard InChI is InChI=1S/C27H24F3N5S/c1-17-15-20(18(2)35(17)23-9-4-3-7-21(23)27(28,29)30)25-24(22-8-5-6-12-32-22)33-26(36)34(25)16-19-10-13-31-14-11-19/h3-15,24-25H,16H2,1-2H3,(H,33,36)/t24-,25+/m0/s1. The number of hydrogen-bond donors (Lipinski definition) is 1. The molecule has 184 valence electrons. The first-order valence-corrected chi connectivity index (χ1v) is 11.9. The minimum Gasteiger partial charge on any atom is -0.352 e. The second kappa shape index (κ2) is 9.39. The van der Waals surface area contributed by atoms with E-state index in [1.165, 1.54) is 12.1 Å². The Labute approximate surface area is 212 Å². The monoisotopic (exact) mass is 507 g/mol. The maximum Gasteiger partial charge on any atom is 0.418 e. The van der Waals surface area contributed by atoms with Crippen LogP contribution in [0.15, 0.2) is 79.3 Å². The molecule has 0 aliphatic carbocycles. The third kappa shape index (κ3) is 4.35. The van der Waals surface area contributed by atoms with Gasteiger partial charge in [0.2, 0.25) is 0 Å². The lowest BCUT2D eigenvalue weighted by molar-refractivity contribution is -0.137. The van der Waals surface area contributed by atoms with Gasteiger partial charge >= 0.3 is 6.18 Å². The van der Waals surface area contributed by atoms with Gasteiger partial charge in [0.15, 0.2) is 5.11 Å². The van der Waals surface area contributed by atoms with Crippen LogP contribution < -0.4 is 5.32 Å². The molecule has 1 N–H and O–H groups in total. The van der Waals surface area contributed by atoms with Crippen LogP contribution in [0.1, 0.15) is 45.9 Å². The van der Waals surface area contributed by atoms with E-state index >= 15 is 0 Å². The normalized spacial score (nSPS) is 17.9. The minimum absolute atomic E-state index is 0.106. The molecule has 0 unspecified atom stereocenters. The van der Waals surface area contributed by atoms with E-state index in [-0.39, 0.29) is 17.8 Å². The van der Waals surface area contributed by atoms with Crippen LogP contribution in [0.25, 0.3) is 5.69 Å². The second-order valence-corrected chi connectivity index (χ2v) is 9.17. The van der Waals surface area contributed by atoms with Crippen molar-refractivity contribution in [2.75, 3.05) is 0 Å². The quantitative estimate of drug-likeness (QED) is 0.332. The predicted octanol–water partition coefficient (Wildman–Crippen LogP) is 6.08. The van der Waals surface area contributed by atoms with Crippen molar-refractivity contribution in [2.45, 2.75) is 38.7 Å². The zero-order chi connectivity index (χ0) is 25.4. The molecule has 1 aliphatic rings. The van der Waals surface area contributed by atoms with Gasteiger partial charge in [0.25, 0.3) is 0 Å². The summed E-state index contributed by atoms with van der Waals surface area (Å²) < 4.78 is 43.3. The molecule has 36 heavy (non-hydrogen) atoms. The summed E-state index contributed by atoms with van der Waals surface area (Å²) in [7, 11) is 0. The number of pyridine rings is 2. The van der Waals surface area contributed by atoms with Crippen LogP contribution in [-0.4, -0.2) is 24.5 Å². The molecule has 0 bridgehead atoms. The third-order valence-electron chi connectivity index (χ3n) is 6.54. The van der Waals surface area contributed by atoms with Gasteiger partial charge in [0.05, 0.1) is 29.0 Å². The maximum absolute atomic E-state index is 13.9. The molecule has 3 aromatic heterocycles. The van der Waals surface area contributed by atoms with Gasteiger partial charge in [-0.15, -0.1) is 0 Å². The number of nitrogens with zero attached hydrogens (tertiary/aromatic N) is 4. The van der Waals surface area contributed by atoms with Crippen molar-refractivity contribution in [1.29, 1.82) is 0 Å². The lowest BCUT2D eigenvalue weighted by Crippen LogP contribution is -2.29. The van der Waals surface area contributed by atoms with E-state index in [4.69, 9.17) is 12.2 Å². The van der Waals surface area contributed by atoms with Gasteiger partial charge in [-0.1, -0.05) is 18.2 Å².